The molecule has 2 fully saturated rings. The zero-order valence-electron chi connectivity index (χ0n) is 20.4. The van der Waals surface area contributed by atoms with Gasteiger partial charge >= 0.3 is 0 Å². The first-order valence-electron chi connectivity index (χ1n) is 12.2. The second kappa shape index (κ2) is 10.8. The number of hydrogen-bond donors (Lipinski definition) is 0. The lowest BCUT2D eigenvalue weighted by Crippen LogP contribution is -2.30. The zero-order valence-corrected chi connectivity index (χ0v) is 22.9. The minimum absolute atomic E-state index is 0.0785. The van der Waals surface area contributed by atoms with Crippen LogP contribution in [0.4, 0.5) is 5.88 Å². The van der Waals surface area contributed by atoms with E-state index in [9.17, 15) is 13.2 Å². The van der Waals surface area contributed by atoms with Gasteiger partial charge in [-0.05, 0) is 50.3 Å². The van der Waals surface area contributed by atoms with Crippen molar-refractivity contribution in [3.05, 3.63) is 76.5 Å². The smallest absolute Gasteiger partial charge is 0.266 e. The van der Waals surface area contributed by atoms with Gasteiger partial charge in [0.25, 0.3) is 5.91 Å². The molecule has 0 aliphatic carbocycles. The van der Waals surface area contributed by atoms with Gasteiger partial charge in [-0.25, -0.2) is 8.42 Å². The first kappa shape index (κ1) is 25.7. The van der Waals surface area contributed by atoms with E-state index in [0.29, 0.717) is 35.3 Å². The Balaban J connectivity index is 1.45. The lowest BCUT2D eigenvalue weighted by Gasteiger charge is -2.26. The van der Waals surface area contributed by atoms with Crippen LogP contribution >= 0.6 is 24.0 Å². The number of benzene rings is 2. The van der Waals surface area contributed by atoms with Crippen molar-refractivity contribution >= 4 is 56.0 Å². The maximum atomic E-state index is 13.6. The van der Waals surface area contributed by atoms with Crippen LogP contribution in [0.25, 0.3) is 6.08 Å². The Labute approximate surface area is 226 Å². The van der Waals surface area contributed by atoms with Crippen molar-refractivity contribution in [2.24, 2.45) is 0 Å². The van der Waals surface area contributed by atoms with Crippen molar-refractivity contribution in [1.82, 2.24) is 9.88 Å². The van der Waals surface area contributed by atoms with Crippen LogP contribution in [-0.4, -0.2) is 48.2 Å². The van der Waals surface area contributed by atoms with E-state index in [4.69, 9.17) is 16.6 Å². The Morgan fingerprint density at radius 3 is 2.46 bits per heavy atom. The number of oxazole rings is 1. The van der Waals surface area contributed by atoms with E-state index in [2.05, 4.69) is 4.98 Å². The molecule has 1 amide bonds. The first-order valence-corrected chi connectivity index (χ1v) is 14.9. The van der Waals surface area contributed by atoms with Crippen molar-refractivity contribution in [2.75, 3.05) is 24.5 Å². The number of aryl methyl sites for hydroxylation is 1. The molecule has 2 aromatic carbocycles. The second-order valence-electron chi connectivity index (χ2n) is 9.10. The van der Waals surface area contributed by atoms with Crippen LogP contribution in [0.15, 0.2) is 73.8 Å². The maximum absolute atomic E-state index is 13.6. The number of anilines is 1. The average Bonchev–Trinajstić information content (AvgIpc) is 3.45. The third kappa shape index (κ3) is 5.51. The molecule has 0 radical (unpaired) electrons. The summed E-state index contributed by atoms with van der Waals surface area (Å²) in [6.07, 6.45) is 5.16. The average molecular weight is 554 g/mol. The molecule has 0 bridgehead atoms. The summed E-state index contributed by atoms with van der Waals surface area (Å²) in [7, 11) is -3.93. The van der Waals surface area contributed by atoms with Crippen molar-refractivity contribution in [3.8, 4) is 0 Å². The number of aromatic nitrogens is 1. The molecule has 3 heterocycles. The van der Waals surface area contributed by atoms with Crippen molar-refractivity contribution in [2.45, 2.75) is 42.5 Å². The van der Waals surface area contributed by atoms with Gasteiger partial charge in [-0.2, -0.15) is 4.98 Å². The number of nitrogens with zero attached hydrogens (tertiary/aromatic N) is 3. The normalized spacial score (nSPS) is 17.7. The molecule has 192 valence electrons. The number of thioether (sulfide) groups is 1. The fourth-order valence-corrected chi connectivity index (χ4v) is 6.97. The van der Waals surface area contributed by atoms with Gasteiger partial charge in [-0.1, -0.05) is 72.0 Å². The molecule has 1 aromatic heterocycles. The lowest BCUT2D eigenvalue weighted by atomic mass is 10.1. The Bertz CT molecular complexity index is 1440. The quantitative estimate of drug-likeness (QED) is 0.290. The SMILES string of the molecule is Cc1ccc(S(=O)(=O)c2nc(C=C3SC(=S)N(CCc4ccccc4)C3=O)oc2N2CCCCC2)cc1. The second-order valence-corrected chi connectivity index (χ2v) is 12.6. The molecule has 37 heavy (non-hydrogen) atoms. The summed E-state index contributed by atoms with van der Waals surface area (Å²) >= 11 is 6.64. The molecule has 2 aliphatic rings. The molecule has 2 saturated heterocycles. The highest BCUT2D eigenvalue weighted by Crippen LogP contribution is 2.36. The predicted molar refractivity (Wildman–Crippen MR) is 149 cm³/mol. The Morgan fingerprint density at radius 1 is 1.05 bits per heavy atom. The number of rotatable bonds is 7. The molecule has 2 aliphatic heterocycles. The van der Waals surface area contributed by atoms with Crippen molar-refractivity contribution in [1.29, 1.82) is 0 Å². The molecule has 0 saturated carbocycles. The van der Waals surface area contributed by atoms with Gasteiger partial charge in [0.2, 0.25) is 26.6 Å². The summed E-state index contributed by atoms with van der Waals surface area (Å²) < 4.78 is 33.6. The highest BCUT2D eigenvalue weighted by atomic mass is 32.2. The lowest BCUT2D eigenvalue weighted by molar-refractivity contribution is -0.122. The summed E-state index contributed by atoms with van der Waals surface area (Å²) in [5, 5.41) is -0.121. The Kier molecular flexibility index (Phi) is 7.50. The van der Waals surface area contributed by atoms with Gasteiger partial charge in [0.05, 0.1) is 9.80 Å². The monoisotopic (exact) mass is 553 g/mol. The number of amides is 1. The van der Waals surface area contributed by atoms with Crippen LogP contribution in [-0.2, 0) is 21.1 Å². The van der Waals surface area contributed by atoms with E-state index in [0.717, 1.165) is 30.4 Å². The van der Waals surface area contributed by atoms with Crippen molar-refractivity contribution in [3.63, 3.8) is 0 Å². The van der Waals surface area contributed by atoms with Gasteiger partial charge in [0, 0.05) is 25.7 Å². The number of sulfone groups is 1. The third-order valence-corrected chi connectivity index (χ3v) is 9.47. The number of thiocarbonyl (C=S) groups is 1. The van der Waals surface area contributed by atoms with E-state index in [1.165, 1.54) is 17.8 Å². The number of carbonyl (C=O) groups is 1. The molecule has 0 unspecified atom stereocenters. The standard InChI is InChI=1S/C27H27N3O4S3/c1-19-10-12-21(13-11-19)37(32,33)24-26(29-15-6-3-7-16-29)34-23(28-24)18-22-25(31)30(27(35)36-22)17-14-20-8-4-2-5-9-20/h2,4-5,8-13,18H,3,6-7,14-17H2,1H3. The van der Waals surface area contributed by atoms with Crippen LogP contribution < -0.4 is 4.90 Å². The Hall–Kier alpha value is -2.95. The van der Waals surface area contributed by atoms with E-state index >= 15 is 0 Å². The maximum Gasteiger partial charge on any atom is 0.266 e. The predicted octanol–water partition coefficient (Wildman–Crippen LogP) is 5.25. The number of piperidine rings is 1. The van der Waals surface area contributed by atoms with Crippen LogP contribution in [0.5, 0.6) is 0 Å². The van der Waals surface area contributed by atoms with E-state index in [1.807, 2.05) is 42.2 Å². The molecular weight excluding hydrogens is 527 g/mol. The van der Waals surface area contributed by atoms with Gasteiger partial charge in [-0.3, -0.25) is 9.69 Å². The van der Waals surface area contributed by atoms with Gasteiger partial charge in [-0.15, -0.1) is 0 Å². The van der Waals surface area contributed by atoms with Crippen LogP contribution in [0, 0.1) is 6.92 Å². The number of carbonyl (C=O) groups excluding carboxylic acids is 1. The molecular formula is C27H27N3O4S3. The Morgan fingerprint density at radius 2 is 1.76 bits per heavy atom. The van der Waals surface area contributed by atoms with E-state index < -0.39 is 9.84 Å². The highest BCUT2D eigenvalue weighted by molar-refractivity contribution is 8.26. The van der Waals surface area contributed by atoms with Crippen LogP contribution in [0.3, 0.4) is 0 Å². The first-order chi connectivity index (χ1) is 17.8. The van der Waals surface area contributed by atoms with E-state index in [-0.39, 0.29) is 27.6 Å². The molecule has 3 aromatic rings. The van der Waals surface area contributed by atoms with Crippen LogP contribution in [0.1, 0.15) is 36.3 Å². The molecule has 7 nitrogen and oxygen atoms in total. The van der Waals surface area contributed by atoms with Crippen molar-refractivity contribution < 1.29 is 17.6 Å². The van der Waals surface area contributed by atoms with E-state index in [1.54, 1.807) is 29.2 Å². The zero-order chi connectivity index (χ0) is 26.0. The fourth-order valence-electron chi connectivity index (χ4n) is 4.37. The summed E-state index contributed by atoms with van der Waals surface area (Å²) in [6.45, 7) is 3.74. The summed E-state index contributed by atoms with van der Waals surface area (Å²) in [5.74, 6) is 0.0764. The minimum Gasteiger partial charge on any atom is -0.420 e. The molecule has 0 N–H and O–H groups in total. The van der Waals surface area contributed by atoms with Gasteiger partial charge in [0.15, 0.2) is 0 Å². The molecule has 0 atom stereocenters. The van der Waals surface area contributed by atoms with Gasteiger partial charge < -0.3 is 9.32 Å². The topological polar surface area (TPSA) is 83.7 Å². The molecule has 5 rings (SSSR count). The number of hydrogen-bond acceptors (Lipinski definition) is 8. The van der Waals surface area contributed by atoms with Gasteiger partial charge in [0.1, 0.15) is 4.32 Å². The summed E-state index contributed by atoms with van der Waals surface area (Å²) in [4.78, 5) is 21.6. The molecule has 10 heteroatoms. The summed E-state index contributed by atoms with van der Waals surface area (Å²) in [6, 6.07) is 16.6. The van der Waals surface area contributed by atoms with Crippen LogP contribution in [0.2, 0.25) is 0 Å². The minimum atomic E-state index is -3.93. The fraction of sp³-hybridized carbons (Fsp3) is 0.296. The molecule has 0 spiro atoms. The summed E-state index contributed by atoms with van der Waals surface area (Å²) in [5.41, 5.74) is 2.08. The largest absolute Gasteiger partial charge is 0.420 e. The third-order valence-electron chi connectivity index (χ3n) is 6.42. The highest BCUT2D eigenvalue weighted by Gasteiger charge is 2.34.